The molecule has 4 nitrogen and oxygen atoms in total. The highest BCUT2D eigenvalue weighted by molar-refractivity contribution is 6.62. The summed E-state index contributed by atoms with van der Waals surface area (Å²) in [6.07, 6.45) is 6.31. The Labute approximate surface area is 121 Å². The first-order chi connectivity index (χ1) is 9.39. The van der Waals surface area contributed by atoms with Crippen LogP contribution in [0.3, 0.4) is 0 Å². The first-order valence-corrected chi connectivity index (χ1v) is 7.45. The monoisotopic (exact) mass is 274 g/mol. The summed E-state index contributed by atoms with van der Waals surface area (Å²) in [4.78, 5) is 6.74. The van der Waals surface area contributed by atoms with Crippen molar-refractivity contribution in [1.29, 1.82) is 0 Å². The minimum Gasteiger partial charge on any atom is -0.399 e. The zero-order valence-corrected chi connectivity index (χ0v) is 12.8. The average Bonchev–Trinajstić information content (AvgIpc) is 2.97. The summed E-state index contributed by atoms with van der Waals surface area (Å²) in [6.45, 7) is 10.5. The molecule has 1 aromatic heterocycles. The fourth-order valence-corrected chi connectivity index (χ4v) is 2.70. The van der Waals surface area contributed by atoms with Crippen LogP contribution in [-0.4, -0.2) is 36.4 Å². The molecule has 1 aromatic rings. The van der Waals surface area contributed by atoms with Gasteiger partial charge in [0.1, 0.15) is 0 Å². The summed E-state index contributed by atoms with van der Waals surface area (Å²) in [6, 6.07) is 2.15. The molecule has 5 heteroatoms. The van der Waals surface area contributed by atoms with E-state index >= 15 is 0 Å². The third-order valence-corrected chi connectivity index (χ3v) is 4.74. The average molecular weight is 274 g/mol. The van der Waals surface area contributed by atoms with Crippen molar-refractivity contribution >= 4 is 18.3 Å². The van der Waals surface area contributed by atoms with Gasteiger partial charge in [-0.1, -0.05) is 0 Å². The van der Waals surface area contributed by atoms with Gasteiger partial charge >= 0.3 is 7.12 Å². The molecule has 0 radical (unpaired) electrons. The fourth-order valence-electron chi connectivity index (χ4n) is 2.70. The topological polar surface area (TPSA) is 34.6 Å². The highest BCUT2D eigenvalue weighted by atomic mass is 16.7. The van der Waals surface area contributed by atoms with Crippen LogP contribution < -0.4 is 10.4 Å². The maximum atomic E-state index is 6.09. The molecule has 0 saturated carbocycles. The molecule has 0 aromatic carbocycles. The van der Waals surface area contributed by atoms with Gasteiger partial charge in [0.2, 0.25) is 0 Å². The zero-order chi connectivity index (χ0) is 14.4. The largest absolute Gasteiger partial charge is 0.496 e. The summed E-state index contributed by atoms with van der Waals surface area (Å²) in [5, 5.41) is 0. The molecule has 2 aliphatic rings. The van der Waals surface area contributed by atoms with Crippen LogP contribution in [0.25, 0.3) is 0 Å². The molecule has 0 spiro atoms. The Hall–Kier alpha value is -1.07. The predicted octanol–water partition coefficient (Wildman–Crippen LogP) is 1.98. The number of pyridine rings is 1. The van der Waals surface area contributed by atoms with Gasteiger partial charge in [0.15, 0.2) is 0 Å². The SMILES string of the molecule is CC1(C)OB(c2cncc(N3CCCC3)c2)OC1(C)C. The van der Waals surface area contributed by atoms with Gasteiger partial charge in [-0.25, -0.2) is 0 Å². The summed E-state index contributed by atoms with van der Waals surface area (Å²) in [7, 11) is -0.324. The van der Waals surface area contributed by atoms with E-state index in [1.807, 2.05) is 12.4 Å². The Bertz CT molecular complexity index is 482. The number of anilines is 1. The van der Waals surface area contributed by atoms with Crippen molar-refractivity contribution in [3.8, 4) is 0 Å². The molecule has 2 saturated heterocycles. The Morgan fingerprint density at radius 3 is 2.25 bits per heavy atom. The molecule has 3 heterocycles. The third-order valence-electron chi connectivity index (χ3n) is 4.74. The van der Waals surface area contributed by atoms with Crippen molar-refractivity contribution in [1.82, 2.24) is 4.98 Å². The summed E-state index contributed by atoms with van der Waals surface area (Å²) < 4.78 is 12.2. The smallest absolute Gasteiger partial charge is 0.399 e. The molecule has 0 unspecified atom stereocenters. The quantitative estimate of drug-likeness (QED) is 0.772. The van der Waals surface area contributed by atoms with Crippen molar-refractivity contribution in [3.63, 3.8) is 0 Å². The Morgan fingerprint density at radius 1 is 1.05 bits per heavy atom. The molecule has 108 valence electrons. The molecule has 20 heavy (non-hydrogen) atoms. The van der Waals surface area contributed by atoms with Crippen LogP contribution in [0.1, 0.15) is 40.5 Å². The Kier molecular flexibility index (Phi) is 3.29. The molecule has 0 atom stereocenters. The van der Waals surface area contributed by atoms with E-state index in [0.29, 0.717) is 0 Å². The van der Waals surface area contributed by atoms with Gasteiger partial charge in [-0.2, -0.15) is 0 Å². The van der Waals surface area contributed by atoms with Crippen LogP contribution in [0, 0.1) is 0 Å². The van der Waals surface area contributed by atoms with E-state index in [0.717, 1.165) is 18.6 Å². The third kappa shape index (κ3) is 2.33. The van der Waals surface area contributed by atoms with E-state index in [1.54, 1.807) is 0 Å². The maximum absolute atomic E-state index is 6.09. The van der Waals surface area contributed by atoms with Gasteiger partial charge in [-0.05, 0) is 46.6 Å². The molecule has 0 aliphatic carbocycles. The first-order valence-electron chi connectivity index (χ1n) is 7.45. The van der Waals surface area contributed by atoms with Crippen LogP contribution in [0.5, 0.6) is 0 Å². The molecular weight excluding hydrogens is 251 g/mol. The van der Waals surface area contributed by atoms with Gasteiger partial charge in [-0.3, -0.25) is 4.98 Å². The van der Waals surface area contributed by atoms with Crippen molar-refractivity contribution in [3.05, 3.63) is 18.5 Å². The van der Waals surface area contributed by atoms with Crippen LogP contribution in [-0.2, 0) is 9.31 Å². The molecule has 0 bridgehead atoms. The lowest BCUT2D eigenvalue weighted by atomic mass is 9.80. The van der Waals surface area contributed by atoms with Gasteiger partial charge in [0.05, 0.1) is 23.1 Å². The normalized spacial score (nSPS) is 24.4. The van der Waals surface area contributed by atoms with Crippen LogP contribution in [0.2, 0.25) is 0 Å². The van der Waals surface area contributed by atoms with Crippen LogP contribution in [0.4, 0.5) is 5.69 Å². The highest BCUT2D eigenvalue weighted by Gasteiger charge is 2.51. The Morgan fingerprint density at radius 2 is 1.65 bits per heavy atom. The van der Waals surface area contributed by atoms with Gasteiger partial charge in [0.25, 0.3) is 0 Å². The second-order valence-electron chi connectivity index (χ2n) is 6.76. The Balaban J connectivity index is 1.83. The minimum absolute atomic E-state index is 0.304. The van der Waals surface area contributed by atoms with Crippen LogP contribution in [0.15, 0.2) is 18.5 Å². The first kappa shape index (κ1) is 13.9. The number of hydrogen-bond donors (Lipinski definition) is 0. The van der Waals surface area contributed by atoms with Crippen molar-refractivity contribution in [2.24, 2.45) is 0 Å². The predicted molar refractivity (Wildman–Crippen MR) is 81.4 cm³/mol. The molecule has 3 rings (SSSR count). The van der Waals surface area contributed by atoms with Crippen molar-refractivity contribution < 1.29 is 9.31 Å². The van der Waals surface area contributed by atoms with E-state index < -0.39 is 0 Å². The highest BCUT2D eigenvalue weighted by Crippen LogP contribution is 2.36. The number of rotatable bonds is 2. The standard InChI is InChI=1S/C15H23BN2O2/c1-14(2)15(3,4)20-16(19-14)12-9-13(11-17-10-12)18-7-5-6-8-18/h9-11H,5-8H2,1-4H3. The van der Waals surface area contributed by atoms with E-state index in [2.05, 4.69) is 43.6 Å². The number of aromatic nitrogens is 1. The maximum Gasteiger partial charge on any atom is 0.496 e. The molecule has 2 aliphatic heterocycles. The van der Waals surface area contributed by atoms with Crippen LogP contribution >= 0.6 is 0 Å². The van der Waals surface area contributed by atoms with Gasteiger partial charge in [0, 0.05) is 24.7 Å². The molecular formula is C15H23BN2O2. The van der Waals surface area contributed by atoms with E-state index in [1.165, 1.54) is 18.5 Å². The van der Waals surface area contributed by atoms with Crippen molar-refractivity contribution in [2.75, 3.05) is 18.0 Å². The molecule has 2 fully saturated rings. The second-order valence-corrected chi connectivity index (χ2v) is 6.76. The van der Waals surface area contributed by atoms with E-state index in [9.17, 15) is 0 Å². The van der Waals surface area contributed by atoms with Crippen molar-refractivity contribution in [2.45, 2.75) is 51.7 Å². The summed E-state index contributed by atoms with van der Waals surface area (Å²) >= 11 is 0. The number of nitrogens with zero attached hydrogens (tertiary/aromatic N) is 2. The van der Waals surface area contributed by atoms with Gasteiger partial charge < -0.3 is 14.2 Å². The molecule has 0 N–H and O–H groups in total. The lowest BCUT2D eigenvalue weighted by Gasteiger charge is -2.32. The minimum atomic E-state index is -0.324. The lowest BCUT2D eigenvalue weighted by Crippen LogP contribution is -2.41. The van der Waals surface area contributed by atoms with E-state index in [-0.39, 0.29) is 18.3 Å². The second kappa shape index (κ2) is 4.74. The lowest BCUT2D eigenvalue weighted by molar-refractivity contribution is 0.00578. The van der Waals surface area contributed by atoms with Gasteiger partial charge in [-0.15, -0.1) is 0 Å². The molecule has 0 amide bonds. The zero-order valence-electron chi connectivity index (χ0n) is 12.8. The summed E-state index contributed by atoms with van der Waals surface area (Å²) in [5.41, 5.74) is 1.57. The summed E-state index contributed by atoms with van der Waals surface area (Å²) in [5.74, 6) is 0. The number of hydrogen-bond acceptors (Lipinski definition) is 4. The fraction of sp³-hybridized carbons (Fsp3) is 0.667. The van der Waals surface area contributed by atoms with E-state index in [4.69, 9.17) is 9.31 Å².